The van der Waals surface area contributed by atoms with Crippen LogP contribution in [0, 0.1) is 5.82 Å². The zero-order valence-electron chi connectivity index (χ0n) is 16.6. The normalized spacial score (nSPS) is 10.6. The molecule has 0 saturated heterocycles. The lowest BCUT2D eigenvalue weighted by atomic mass is 10.2. The van der Waals surface area contributed by atoms with E-state index in [-0.39, 0.29) is 42.2 Å². The Morgan fingerprint density at radius 3 is 2.34 bits per heavy atom. The Morgan fingerprint density at radius 1 is 1.03 bits per heavy atom. The lowest BCUT2D eigenvalue weighted by Gasteiger charge is -2.14. The van der Waals surface area contributed by atoms with E-state index >= 15 is 0 Å². The number of anilines is 2. The van der Waals surface area contributed by atoms with Crippen LogP contribution in [0.3, 0.4) is 0 Å². The van der Waals surface area contributed by atoms with Gasteiger partial charge in [0.05, 0.1) is 13.7 Å². The number of carbonyl (C=O) groups excluding carboxylic acids is 1. The first kappa shape index (κ1) is 24.5. The number of rotatable bonds is 8. The van der Waals surface area contributed by atoms with Crippen LogP contribution in [0.1, 0.15) is 13.8 Å². The van der Waals surface area contributed by atoms with Crippen molar-refractivity contribution in [1.29, 1.82) is 0 Å². The van der Waals surface area contributed by atoms with E-state index in [0.717, 1.165) is 5.69 Å². The second kappa shape index (κ2) is 12.8. The van der Waals surface area contributed by atoms with Crippen molar-refractivity contribution in [3.05, 3.63) is 48.3 Å². The molecule has 3 N–H and O–H groups in total. The number of benzene rings is 2. The summed E-state index contributed by atoms with van der Waals surface area (Å²) in [7, 11) is 1.58. The van der Waals surface area contributed by atoms with Gasteiger partial charge in [0.25, 0.3) is 0 Å². The van der Waals surface area contributed by atoms with Crippen molar-refractivity contribution in [3.63, 3.8) is 0 Å². The van der Waals surface area contributed by atoms with Gasteiger partial charge >= 0.3 is 0 Å². The number of nitrogens with one attached hydrogen (secondary N) is 3. The summed E-state index contributed by atoms with van der Waals surface area (Å²) in [5.74, 6) is 1.02. The van der Waals surface area contributed by atoms with Crippen LogP contribution in [0.2, 0.25) is 0 Å². The molecule has 0 aromatic heterocycles. The molecule has 0 fully saturated rings. The first-order valence-electron chi connectivity index (χ1n) is 8.97. The number of carbonyl (C=O) groups is 1. The fraction of sp³-hybridized carbons (Fsp3) is 0.300. The predicted octanol–water partition coefficient (Wildman–Crippen LogP) is 3.87. The van der Waals surface area contributed by atoms with Gasteiger partial charge in [0.1, 0.15) is 12.4 Å². The van der Waals surface area contributed by atoms with Crippen LogP contribution in [-0.2, 0) is 4.79 Å². The number of amides is 1. The standard InChI is InChI=1S/C20H25FN4O3.HI/c1-4-22-20(23-13-19(26)24-15-8-6-14(21)7-9-15)25-16-10-11-17(27-3)18(12-16)28-5-2;/h6-12H,4-5,13H2,1-3H3,(H,24,26)(H2,22,23,25);1H. The number of halogens is 2. The van der Waals surface area contributed by atoms with Crippen molar-refractivity contribution in [2.75, 3.05) is 37.4 Å². The van der Waals surface area contributed by atoms with E-state index in [4.69, 9.17) is 9.47 Å². The summed E-state index contributed by atoms with van der Waals surface area (Å²) >= 11 is 0. The van der Waals surface area contributed by atoms with Crippen LogP contribution >= 0.6 is 24.0 Å². The van der Waals surface area contributed by atoms with E-state index in [1.165, 1.54) is 24.3 Å². The predicted molar refractivity (Wildman–Crippen MR) is 124 cm³/mol. The molecule has 7 nitrogen and oxygen atoms in total. The first-order valence-corrected chi connectivity index (χ1v) is 8.97. The number of hydrogen-bond donors (Lipinski definition) is 3. The molecule has 29 heavy (non-hydrogen) atoms. The lowest BCUT2D eigenvalue weighted by molar-refractivity contribution is -0.114. The summed E-state index contributed by atoms with van der Waals surface area (Å²) in [6, 6.07) is 11.0. The smallest absolute Gasteiger partial charge is 0.246 e. The fourth-order valence-corrected chi connectivity index (χ4v) is 2.35. The Bertz CT molecular complexity index is 816. The van der Waals surface area contributed by atoms with Crippen molar-refractivity contribution >= 4 is 47.2 Å². The largest absolute Gasteiger partial charge is 0.493 e. The minimum atomic E-state index is -0.361. The molecule has 0 aliphatic heterocycles. The monoisotopic (exact) mass is 516 g/mol. The van der Waals surface area contributed by atoms with E-state index < -0.39 is 0 Å². The molecule has 0 bridgehead atoms. The molecule has 0 spiro atoms. The van der Waals surface area contributed by atoms with Crippen molar-refractivity contribution in [3.8, 4) is 11.5 Å². The molecular weight excluding hydrogens is 490 g/mol. The number of nitrogens with zero attached hydrogens (tertiary/aromatic N) is 1. The van der Waals surface area contributed by atoms with Crippen LogP contribution in [0.15, 0.2) is 47.5 Å². The zero-order chi connectivity index (χ0) is 20.4. The van der Waals surface area contributed by atoms with E-state index in [1.807, 2.05) is 19.9 Å². The molecule has 0 heterocycles. The molecule has 0 saturated carbocycles. The minimum absolute atomic E-state index is 0. The molecule has 2 aromatic carbocycles. The Kier molecular flexibility index (Phi) is 10.8. The summed E-state index contributed by atoms with van der Waals surface area (Å²) in [5, 5.41) is 8.87. The van der Waals surface area contributed by atoms with E-state index in [2.05, 4.69) is 20.9 Å². The molecule has 0 atom stereocenters. The maximum Gasteiger partial charge on any atom is 0.246 e. The average Bonchev–Trinajstić information content (AvgIpc) is 2.69. The Morgan fingerprint density at radius 2 is 1.72 bits per heavy atom. The highest BCUT2D eigenvalue weighted by Gasteiger charge is 2.08. The highest BCUT2D eigenvalue weighted by atomic mass is 127. The van der Waals surface area contributed by atoms with E-state index in [9.17, 15) is 9.18 Å². The van der Waals surface area contributed by atoms with Crippen molar-refractivity contribution in [2.24, 2.45) is 4.99 Å². The van der Waals surface area contributed by atoms with Crippen molar-refractivity contribution in [1.82, 2.24) is 5.32 Å². The van der Waals surface area contributed by atoms with Crippen molar-refractivity contribution in [2.45, 2.75) is 13.8 Å². The minimum Gasteiger partial charge on any atom is -0.493 e. The maximum atomic E-state index is 12.9. The Balaban J connectivity index is 0.00000420. The topological polar surface area (TPSA) is 84.0 Å². The summed E-state index contributed by atoms with van der Waals surface area (Å²) in [4.78, 5) is 16.4. The van der Waals surface area contributed by atoms with Gasteiger partial charge in [0, 0.05) is 24.0 Å². The van der Waals surface area contributed by atoms with Gasteiger partial charge in [-0.1, -0.05) is 0 Å². The molecule has 2 aromatic rings. The van der Waals surface area contributed by atoms with Crippen LogP contribution in [0.4, 0.5) is 15.8 Å². The van der Waals surface area contributed by atoms with Gasteiger partial charge in [-0.25, -0.2) is 9.38 Å². The molecule has 2 rings (SSSR count). The lowest BCUT2D eigenvalue weighted by Crippen LogP contribution is -2.31. The van der Waals surface area contributed by atoms with Crippen molar-refractivity contribution < 1.29 is 18.7 Å². The average molecular weight is 516 g/mol. The molecule has 0 aliphatic rings. The number of hydrogen-bond acceptors (Lipinski definition) is 4. The van der Waals surface area contributed by atoms with E-state index in [0.29, 0.717) is 36.3 Å². The highest BCUT2D eigenvalue weighted by Crippen LogP contribution is 2.30. The molecule has 0 aliphatic carbocycles. The third-order valence-electron chi connectivity index (χ3n) is 3.58. The molecule has 158 valence electrons. The van der Waals surface area contributed by atoms with Gasteiger partial charge in [0.15, 0.2) is 17.5 Å². The third-order valence-corrected chi connectivity index (χ3v) is 3.58. The molecule has 1 amide bonds. The van der Waals surface area contributed by atoms with Gasteiger partial charge in [-0.15, -0.1) is 24.0 Å². The summed E-state index contributed by atoms with van der Waals surface area (Å²) < 4.78 is 23.8. The van der Waals surface area contributed by atoms with Crippen LogP contribution < -0.4 is 25.4 Å². The summed E-state index contributed by atoms with van der Waals surface area (Å²) in [6.45, 7) is 4.86. The van der Waals surface area contributed by atoms with E-state index in [1.54, 1.807) is 19.2 Å². The molecule has 0 unspecified atom stereocenters. The second-order valence-electron chi connectivity index (χ2n) is 5.67. The number of ether oxygens (including phenoxy) is 2. The molecule has 0 radical (unpaired) electrons. The van der Waals surface area contributed by atoms with Gasteiger partial charge in [-0.05, 0) is 50.2 Å². The van der Waals surface area contributed by atoms with Crippen LogP contribution in [-0.4, -0.2) is 38.7 Å². The van der Waals surface area contributed by atoms with Gasteiger partial charge in [0.2, 0.25) is 5.91 Å². The highest BCUT2D eigenvalue weighted by molar-refractivity contribution is 14.0. The van der Waals surface area contributed by atoms with Crippen LogP contribution in [0.5, 0.6) is 11.5 Å². The Hall–Kier alpha value is -2.56. The van der Waals surface area contributed by atoms with Gasteiger partial charge in [-0.3, -0.25) is 4.79 Å². The number of methoxy groups -OCH3 is 1. The zero-order valence-corrected chi connectivity index (χ0v) is 19.0. The van der Waals surface area contributed by atoms with Gasteiger partial charge in [-0.2, -0.15) is 0 Å². The third kappa shape index (κ3) is 8.14. The molecule has 9 heteroatoms. The Labute approximate surface area is 187 Å². The number of guanidine groups is 1. The first-order chi connectivity index (χ1) is 13.5. The fourth-order valence-electron chi connectivity index (χ4n) is 2.35. The SMILES string of the molecule is CCNC(=NCC(=O)Nc1ccc(F)cc1)Nc1ccc(OC)c(OCC)c1.I. The number of aliphatic imine (C=N–C) groups is 1. The maximum absolute atomic E-state index is 12.9. The summed E-state index contributed by atoms with van der Waals surface area (Å²) in [5.41, 5.74) is 1.25. The molecular formula is C20H26FIN4O3. The van der Waals surface area contributed by atoms with Crippen LogP contribution in [0.25, 0.3) is 0 Å². The summed E-state index contributed by atoms with van der Waals surface area (Å²) in [6.07, 6.45) is 0. The quantitative estimate of drug-likeness (QED) is 0.282. The second-order valence-corrected chi connectivity index (χ2v) is 5.67. The van der Waals surface area contributed by atoms with Gasteiger partial charge < -0.3 is 25.4 Å².